The van der Waals surface area contributed by atoms with Gasteiger partial charge in [-0.25, -0.2) is 14.3 Å². The number of imidazole rings is 1. The van der Waals surface area contributed by atoms with Gasteiger partial charge in [-0.3, -0.25) is 0 Å². The fourth-order valence-electron chi connectivity index (χ4n) is 6.62. The molecule has 1 N–H and O–H groups in total. The summed E-state index contributed by atoms with van der Waals surface area (Å²) in [4.78, 5) is 25.9. The Kier molecular flexibility index (Phi) is 15.7. The van der Waals surface area contributed by atoms with Crippen LogP contribution >= 0.6 is 0 Å². The molecule has 15 nitrogen and oxygen atoms in total. The van der Waals surface area contributed by atoms with Crippen LogP contribution in [-0.4, -0.2) is 103 Å². The highest BCUT2D eigenvalue weighted by Gasteiger charge is 2.25. The van der Waals surface area contributed by atoms with E-state index in [9.17, 15) is 9.90 Å². The summed E-state index contributed by atoms with van der Waals surface area (Å²) in [7, 11) is 8.19. The maximum atomic E-state index is 12.4. The first-order valence-corrected chi connectivity index (χ1v) is 20.1. The minimum Gasteiger partial charge on any atom is -0.497 e. The molecule has 0 aliphatic carbocycles. The Morgan fingerprint density at radius 1 is 0.850 bits per heavy atom. The van der Waals surface area contributed by atoms with Gasteiger partial charge in [-0.1, -0.05) is 19.4 Å². The van der Waals surface area contributed by atoms with E-state index in [1.807, 2.05) is 88.5 Å². The number of likely N-dealkylation sites (N-methyl/N-ethyl adjacent to an activating group) is 1. The van der Waals surface area contributed by atoms with Gasteiger partial charge in [0, 0.05) is 62.8 Å². The molecule has 1 amide bonds. The van der Waals surface area contributed by atoms with Crippen molar-refractivity contribution in [2.24, 2.45) is 0 Å². The molecule has 0 saturated heterocycles. The van der Waals surface area contributed by atoms with Crippen LogP contribution in [0.4, 0.5) is 10.6 Å². The molecule has 0 saturated carbocycles. The van der Waals surface area contributed by atoms with Crippen LogP contribution in [-0.2, 0) is 24.2 Å². The number of fused-ring (bicyclic) bond motifs is 1. The molecule has 60 heavy (non-hydrogen) atoms. The van der Waals surface area contributed by atoms with E-state index in [1.165, 1.54) is 4.90 Å². The third-order valence-corrected chi connectivity index (χ3v) is 9.83. The Balaban J connectivity index is 1.53. The van der Waals surface area contributed by atoms with E-state index in [-0.39, 0.29) is 18.7 Å². The standard InChI is InChI=1S/C45H60N6O9/c1-11-12-35(19-21-52)59-43-47-42(50(28-32-14-16-36(54-7)25-39(32)56-9)29-33-15-17-37(55-8)26-40(33)57-10)41-46-27-34(51(41)48-43)24-31-13-18-38(23-30(31)2)58-22-20-49(6)44(53)60-45(3,4)5/h13-18,23,25-27,35,52H,11-12,19-22,24,28-29H2,1-10H3/t35-/m1/s1. The Hall–Kier alpha value is -5.96. The monoisotopic (exact) mass is 828 g/mol. The number of aromatic nitrogens is 4. The van der Waals surface area contributed by atoms with Gasteiger partial charge in [-0.05, 0) is 81.6 Å². The number of carbonyl (C=O) groups excluding carboxylic acids is 1. The summed E-state index contributed by atoms with van der Waals surface area (Å²) < 4.78 is 42.4. The van der Waals surface area contributed by atoms with Gasteiger partial charge in [0.25, 0.3) is 0 Å². The van der Waals surface area contributed by atoms with Crippen molar-refractivity contribution in [1.82, 2.24) is 24.5 Å². The normalized spacial score (nSPS) is 11.8. The second-order valence-corrected chi connectivity index (χ2v) is 15.5. The zero-order valence-electron chi connectivity index (χ0n) is 36.6. The molecule has 0 unspecified atom stereocenters. The number of rotatable bonds is 21. The van der Waals surface area contributed by atoms with E-state index in [0.717, 1.165) is 40.8 Å². The number of ether oxygens (including phenoxy) is 7. The predicted molar refractivity (Wildman–Crippen MR) is 229 cm³/mol. The Morgan fingerprint density at radius 3 is 2.02 bits per heavy atom. The average Bonchev–Trinajstić information content (AvgIpc) is 3.63. The molecule has 5 aromatic rings. The number of hydrogen-bond donors (Lipinski definition) is 1. The van der Waals surface area contributed by atoms with Gasteiger partial charge in [0.15, 0.2) is 11.5 Å². The number of anilines is 1. The maximum Gasteiger partial charge on any atom is 0.410 e. The topological polar surface area (TPSA) is 151 Å². The number of aryl methyl sites for hydroxylation is 1. The molecule has 0 aliphatic rings. The smallest absolute Gasteiger partial charge is 0.410 e. The first-order valence-electron chi connectivity index (χ1n) is 20.1. The maximum absolute atomic E-state index is 12.4. The van der Waals surface area contributed by atoms with Crippen LogP contribution < -0.4 is 33.3 Å². The first-order chi connectivity index (χ1) is 28.8. The third kappa shape index (κ3) is 11.8. The summed E-state index contributed by atoms with van der Waals surface area (Å²) in [6.07, 6.45) is 3.62. The van der Waals surface area contributed by atoms with E-state index in [0.29, 0.717) is 79.3 Å². The van der Waals surface area contributed by atoms with E-state index in [1.54, 1.807) is 40.0 Å². The molecule has 0 aliphatic heterocycles. The number of methoxy groups -OCH3 is 4. The lowest BCUT2D eigenvalue weighted by molar-refractivity contribution is 0.0278. The minimum absolute atomic E-state index is 0.0316. The number of carbonyl (C=O) groups is 1. The summed E-state index contributed by atoms with van der Waals surface area (Å²) in [5.41, 5.74) is 4.59. The van der Waals surface area contributed by atoms with Gasteiger partial charge in [0.05, 0.1) is 46.9 Å². The van der Waals surface area contributed by atoms with E-state index in [2.05, 4.69) is 11.8 Å². The summed E-state index contributed by atoms with van der Waals surface area (Å²) >= 11 is 0. The van der Waals surface area contributed by atoms with Crippen molar-refractivity contribution in [2.75, 3.05) is 60.1 Å². The molecule has 3 aromatic carbocycles. The highest BCUT2D eigenvalue weighted by atomic mass is 16.6. The molecule has 5 rings (SSSR count). The van der Waals surface area contributed by atoms with Crippen LogP contribution in [0.25, 0.3) is 5.65 Å². The number of amides is 1. The number of nitrogens with zero attached hydrogens (tertiary/aromatic N) is 6. The number of benzene rings is 3. The predicted octanol–water partition coefficient (Wildman–Crippen LogP) is 7.44. The lowest BCUT2D eigenvalue weighted by atomic mass is 10.0. The molecule has 15 heteroatoms. The average molecular weight is 829 g/mol. The number of aliphatic hydroxyl groups excluding tert-OH is 1. The van der Waals surface area contributed by atoms with E-state index in [4.69, 9.17) is 48.2 Å². The van der Waals surface area contributed by atoms with Gasteiger partial charge in [-0.2, -0.15) is 4.98 Å². The van der Waals surface area contributed by atoms with Crippen molar-refractivity contribution in [3.05, 3.63) is 88.7 Å². The summed E-state index contributed by atoms with van der Waals surface area (Å²) in [6.45, 7) is 11.0. The SMILES string of the molecule is CCC[C@H](CCO)Oc1nc(N(Cc2ccc(OC)cc2OC)Cc2ccc(OC)cc2OC)c2ncc(Cc3ccc(OCCN(C)C(=O)OC(C)(C)C)cc3C)n2n1. The van der Waals surface area contributed by atoms with E-state index < -0.39 is 11.7 Å². The fourth-order valence-corrected chi connectivity index (χ4v) is 6.62. The molecular formula is C45H60N6O9. The molecule has 0 spiro atoms. The summed E-state index contributed by atoms with van der Waals surface area (Å²) in [5, 5.41) is 14.8. The van der Waals surface area contributed by atoms with Crippen LogP contribution in [0.5, 0.6) is 34.8 Å². The number of aliphatic hydroxyl groups is 1. The third-order valence-electron chi connectivity index (χ3n) is 9.83. The number of hydrogen-bond acceptors (Lipinski definition) is 13. The second kappa shape index (κ2) is 20.8. The second-order valence-electron chi connectivity index (χ2n) is 15.5. The van der Waals surface area contributed by atoms with Crippen molar-refractivity contribution >= 4 is 17.6 Å². The van der Waals surface area contributed by atoms with Gasteiger partial charge >= 0.3 is 12.1 Å². The fraction of sp³-hybridized carbons (Fsp3) is 0.467. The highest BCUT2D eigenvalue weighted by Crippen LogP contribution is 2.34. The molecule has 2 aromatic heterocycles. The lowest BCUT2D eigenvalue weighted by Gasteiger charge is -2.27. The molecular weight excluding hydrogens is 769 g/mol. The van der Waals surface area contributed by atoms with Crippen molar-refractivity contribution in [3.63, 3.8) is 0 Å². The zero-order chi connectivity index (χ0) is 43.4. The highest BCUT2D eigenvalue weighted by molar-refractivity contribution is 5.68. The summed E-state index contributed by atoms with van der Waals surface area (Å²) in [6, 6.07) is 17.5. The first kappa shape index (κ1) is 45.1. The van der Waals surface area contributed by atoms with Crippen molar-refractivity contribution in [3.8, 4) is 34.8 Å². The van der Waals surface area contributed by atoms with Gasteiger partial charge in [0.2, 0.25) is 0 Å². The lowest BCUT2D eigenvalue weighted by Crippen LogP contribution is -2.36. The van der Waals surface area contributed by atoms with Gasteiger partial charge < -0.3 is 48.1 Å². The van der Waals surface area contributed by atoms with Crippen LogP contribution in [0.1, 0.15) is 74.9 Å². The molecule has 0 bridgehead atoms. The van der Waals surface area contributed by atoms with Crippen LogP contribution in [0.2, 0.25) is 0 Å². The van der Waals surface area contributed by atoms with Crippen molar-refractivity contribution in [2.45, 2.75) is 85.1 Å². The zero-order valence-corrected chi connectivity index (χ0v) is 36.6. The van der Waals surface area contributed by atoms with Gasteiger partial charge in [0.1, 0.15) is 47.1 Å². The Bertz CT molecular complexity index is 2120. The van der Waals surface area contributed by atoms with Crippen molar-refractivity contribution in [1.29, 1.82) is 0 Å². The van der Waals surface area contributed by atoms with Crippen LogP contribution in [0.3, 0.4) is 0 Å². The van der Waals surface area contributed by atoms with Gasteiger partial charge in [-0.15, -0.1) is 5.10 Å². The summed E-state index contributed by atoms with van der Waals surface area (Å²) in [5.74, 6) is 3.85. The van der Waals surface area contributed by atoms with Crippen LogP contribution in [0, 0.1) is 6.92 Å². The van der Waals surface area contributed by atoms with Crippen molar-refractivity contribution < 1.29 is 43.1 Å². The Morgan fingerprint density at radius 2 is 1.47 bits per heavy atom. The largest absolute Gasteiger partial charge is 0.497 e. The molecule has 0 fully saturated rings. The quantitative estimate of drug-likeness (QED) is 0.0781. The molecule has 1 atom stereocenters. The van der Waals surface area contributed by atoms with Crippen LogP contribution in [0.15, 0.2) is 60.8 Å². The Labute approximate surface area is 353 Å². The molecule has 324 valence electrons. The molecule has 2 heterocycles. The minimum atomic E-state index is -0.574. The molecule has 0 radical (unpaired) electrons. The van der Waals surface area contributed by atoms with E-state index >= 15 is 0 Å².